The molecule has 1 aliphatic rings. The zero-order valence-corrected chi connectivity index (χ0v) is 24.3. The van der Waals surface area contributed by atoms with Crippen LogP contribution in [0.5, 0.6) is 11.5 Å². The van der Waals surface area contributed by atoms with E-state index in [1.54, 1.807) is 6.20 Å². The predicted molar refractivity (Wildman–Crippen MR) is 163 cm³/mol. The summed E-state index contributed by atoms with van der Waals surface area (Å²) in [5.74, 6) is 1.54. The molecule has 1 fully saturated rings. The summed E-state index contributed by atoms with van der Waals surface area (Å²) in [6, 6.07) is 18.7. The molecular formula is C33H36N4O5. The molecule has 0 bridgehead atoms. The van der Waals surface area contributed by atoms with E-state index in [9.17, 15) is 9.59 Å². The fourth-order valence-electron chi connectivity index (χ4n) is 5.49. The number of nitrogens with one attached hydrogen (secondary N) is 1. The average Bonchev–Trinajstić information content (AvgIpc) is 3.48. The van der Waals surface area contributed by atoms with Crippen molar-refractivity contribution in [2.75, 3.05) is 31.3 Å². The third-order valence-corrected chi connectivity index (χ3v) is 7.67. The number of ether oxygens (including phenoxy) is 3. The summed E-state index contributed by atoms with van der Waals surface area (Å²) in [6.07, 6.45) is 1.83. The number of carbonyl (C=O) groups is 2. The van der Waals surface area contributed by atoms with Gasteiger partial charge in [0.25, 0.3) is 5.91 Å². The lowest BCUT2D eigenvalue weighted by Crippen LogP contribution is -2.37. The van der Waals surface area contributed by atoms with Crippen molar-refractivity contribution < 1.29 is 23.8 Å². The molecule has 1 aliphatic heterocycles. The van der Waals surface area contributed by atoms with E-state index in [1.807, 2.05) is 86.3 Å². The number of nitrogen functional groups attached to an aromatic ring is 1. The minimum atomic E-state index is -0.918. The van der Waals surface area contributed by atoms with Gasteiger partial charge in [-0.2, -0.15) is 0 Å². The Morgan fingerprint density at radius 1 is 1.07 bits per heavy atom. The Hall–Kier alpha value is -4.79. The lowest BCUT2D eigenvalue weighted by atomic mass is 9.97. The van der Waals surface area contributed by atoms with Gasteiger partial charge in [0.05, 0.1) is 19.8 Å². The Morgan fingerprint density at radius 2 is 1.88 bits per heavy atom. The highest BCUT2D eigenvalue weighted by Crippen LogP contribution is 2.39. The summed E-state index contributed by atoms with van der Waals surface area (Å²) >= 11 is 0. The zero-order chi connectivity index (χ0) is 29.8. The number of likely N-dealkylation sites (tertiary alicyclic amines) is 1. The third-order valence-electron chi connectivity index (χ3n) is 7.67. The van der Waals surface area contributed by atoms with Crippen LogP contribution in [0.4, 0.5) is 16.3 Å². The number of hydrogen-bond donors (Lipinski definition) is 2. The van der Waals surface area contributed by atoms with E-state index in [-0.39, 0.29) is 11.9 Å². The number of anilines is 2. The maximum atomic E-state index is 14.5. The SMILES string of the molecule is CCOc1cc([C@@H](Oc2ccc3c(N)nccc3c2)C(=O)N2CCC[C@@H]2c2cc(NC(=O)OC)ccc2C)ccc1C. The summed E-state index contributed by atoms with van der Waals surface area (Å²) in [4.78, 5) is 32.4. The first kappa shape index (κ1) is 28.7. The molecule has 2 atom stereocenters. The Balaban J connectivity index is 1.52. The molecule has 0 spiro atoms. The predicted octanol–water partition coefficient (Wildman–Crippen LogP) is 6.49. The van der Waals surface area contributed by atoms with Crippen molar-refractivity contribution in [1.82, 2.24) is 9.88 Å². The standard InChI is InChI=1S/C33H36N4O5/c1-5-41-29-18-23(10-8-21(29)3)30(42-25-12-13-26-22(17-25)14-15-35-31(26)34)32(38)37-16-6-7-28(37)27-19-24(11-9-20(27)2)36-33(39)40-4/h8-15,17-19,28,30H,5-7,16H2,1-4H3,(H2,34,35)(H,36,39)/t28-,30-/m1/s1. The van der Waals surface area contributed by atoms with Crippen molar-refractivity contribution in [3.05, 3.63) is 89.1 Å². The fraction of sp³-hybridized carbons (Fsp3) is 0.303. The van der Waals surface area contributed by atoms with Crippen LogP contribution in [0.3, 0.4) is 0 Å². The zero-order valence-electron chi connectivity index (χ0n) is 24.3. The van der Waals surface area contributed by atoms with Gasteiger partial charge >= 0.3 is 6.09 Å². The van der Waals surface area contributed by atoms with Crippen LogP contribution in [0.2, 0.25) is 0 Å². The number of hydrogen-bond acceptors (Lipinski definition) is 7. The average molecular weight is 569 g/mol. The fourth-order valence-corrected chi connectivity index (χ4v) is 5.49. The number of nitrogens with two attached hydrogens (primary N) is 1. The number of benzene rings is 3. The number of aryl methyl sites for hydroxylation is 2. The van der Waals surface area contributed by atoms with Crippen LogP contribution < -0.4 is 20.5 Å². The monoisotopic (exact) mass is 568 g/mol. The lowest BCUT2D eigenvalue weighted by Gasteiger charge is -2.31. The number of nitrogens with zero attached hydrogens (tertiary/aromatic N) is 2. The largest absolute Gasteiger partial charge is 0.494 e. The summed E-state index contributed by atoms with van der Waals surface area (Å²) in [5, 5.41) is 4.42. The second-order valence-corrected chi connectivity index (χ2v) is 10.4. The number of methoxy groups -OCH3 is 1. The molecule has 3 aromatic carbocycles. The van der Waals surface area contributed by atoms with Crippen LogP contribution in [0.25, 0.3) is 10.8 Å². The Labute approximate surface area is 245 Å². The van der Waals surface area contributed by atoms with Gasteiger partial charge in [0, 0.05) is 29.4 Å². The van der Waals surface area contributed by atoms with Crippen LogP contribution in [0, 0.1) is 13.8 Å². The molecule has 1 saturated heterocycles. The van der Waals surface area contributed by atoms with E-state index in [4.69, 9.17) is 19.9 Å². The quantitative estimate of drug-likeness (QED) is 0.249. The van der Waals surface area contributed by atoms with E-state index in [0.717, 1.165) is 40.3 Å². The van der Waals surface area contributed by atoms with Crippen molar-refractivity contribution in [1.29, 1.82) is 0 Å². The highest BCUT2D eigenvalue weighted by Gasteiger charge is 2.37. The van der Waals surface area contributed by atoms with Crippen molar-refractivity contribution in [3.8, 4) is 11.5 Å². The topological polar surface area (TPSA) is 116 Å². The molecule has 1 aromatic heterocycles. The van der Waals surface area contributed by atoms with Gasteiger partial charge < -0.3 is 24.8 Å². The maximum absolute atomic E-state index is 14.5. The molecule has 9 heteroatoms. The Morgan fingerprint density at radius 3 is 2.67 bits per heavy atom. The summed E-state index contributed by atoms with van der Waals surface area (Å²) in [6.45, 7) is 7.01. The minimum Gasteiger partial charge on any atom is -0.494 e. The number of rotatable bonds is 8. The lowest BCUT2D eigenvalue weighted by molar-refractivity contribution is -0.140. The first-order valence-electron chi connectivity index (χ1n) is 14.1. The van der Waals surface area contributed by atoms with Crippen molar-refractivity contribution in [2.24, 2.45) is 0 Å². The van der Waals surface area contributed by atoms with E-state index < -0.39 is 12.2 Å². The molecule has 0 unspecified atom stereocenters. The van der Waals surface area contributed by atoms with Gasteiger partial charge in [0.15, 0.2) is 0 Å². The summed E-state index contributed by atoms with van der Waals surface area (Å²) in [7, 11) is 1.32. The van der Waals surface area contributed by atoms with Gasteiger partial charge in [0.1, 0.15) is 17.3 Å². The van der Waals surface area contributed by atoms with Crippen molar-refractivity contribution >= 4 is 34.3 Å². The Kier molecular flexibility index (Phi) is 8.47. The molecule has 3 N–H and O–H groups in total. The molecular weight excluding hydrogens is 532 g/mol. The van der Waals surface area contributed by atoms with Gasteiger partial charge in [-0.3, -0.25) is 10.1 Å². The van der Waals surface area contributed by atoms with Crippen LogP contribution in [0.15, 0.2) is 66.9 Å². The Bertz CT molecular complexity index is 1620. The van der Waals surface area contributed by atoms with Crippen molar-refractivity contribution in [3.63, 3.8) is 0 Å². The smallest absolute Gasteiger partial charge is 0.411 e. The molecule has 218 valence electrons. The number of fused-ring (bicyclic) bond motifs is 1. The molecule has 42 heavy (non-hydrogen) atoms. The highest BCUT2D eigenvalue weighted by molar-refractivity contribution is 5.92. The second-order valence-electron chi connectivity index (χ2n) is 10.4. The van der Waals surface area contributed by atoms with Gasteiger partial charge in [-0.05, 0) is 98.2 Å². The van der Waals surface area contributed by atoms with E-state index in [1.165, 1.54) is 7.11 Å². The molecule has 0 radical (unpaired) electrons. The molecule has 0 aliphatic carbocycles. The van der Waals surface area contributed by atoms with Crippen LogP contribution in [0.1, 0.15) is 54.2 Å². The van der Waals surface area contributed by atoms with Crippen LogP contribution >= 0.6 is 0 Å². The number of aromatic nitrogens is 1. The molecule has 2 amide bonds. The summed E-state index contributed by atoms with van der Waals surface area (Å²) < 4.78 is 17.2. The molecule has 2 heterocycles. The molecule has 9 nitrogen and oxygen atoms in total. The highest BCUT2D eigenvalue weighted by atomic mass is 16.5. The van der Waals surface area contributed by atoms with Crippen LogP contribution in [-0.4, -0.2) is 42.1 Å². The number of amides is 2. The van der Waals surface area contributed by atoms with Gasteiger partial charge in [0.2, 0.25) is 6.10 Å². The summed E-state index contributed by atoms with van der Waals surface area (Å²) in [5.41, 5.74) is 10.4. The molecule has 4 aromatic rings. The number of pyridine rings is 1. The van der Waals surface area contributed by atoms with Crippen molar-refractivity contribution in [2.45, 2.75) is 45.8 Å². The molecule has 5 rings (SSSR count). The van der Waals surface area contributed by atoms with E-state index in [2.05, 4.69) is 10.3 Å². The van der Waals surface area contributed by atoms with Gasteiger partial charge in [-0.15, -0.1) is 0 Å². The third kappa shape index (κ3) is 5.95. The van der Waals surface area contributed by atoms with E-state index in [0.29, 0.717) is 41.7 Å². The minimum absolute atomic E-state index is 0.149. The van der Waals surface area contributed by atoms with Gasteiger partial charge in [-0.1, -0.05) is 18.2 Å². The van der Waals surface area contributed by atoms with E-state index >= 15 is 0 Å². The normalized spacial score (nSPS) is 15.3. The van der Waals surface area contributed by atoms with Crippen LogP contribution in [-0.2, 0) is 9.53 Å². The second kappa shape index (κ2) is 12.4. The maximum Gasteiger partial charge on any atom is 0.411 e. The first-order chi connectivity index (χ1) is 20.3. The molecule has 0 saturated carbocycles. The van der Waals surface area contributed by atoms with Gasteiger partial charge in [-0.25, -0.2) is 9.78 Å². The first-order valence-corrected chi connectivity index (χ1v) is 14.1. The number of carbonyl (C=O) groups excluding carboxylic acids is 2.